The molecule has 0 saturated carbocycles. The molecular formula is C9H10F3N3OS2. The highest BCUT2D eigenvalue weighted by atomic mass is 33.1. The van der Waals surface area contributed by atoms with Gasteiger partial charge in [0.1, 0.15) is 5.69 Å². The molecule has 0 aromatic carbocycles. The summed E-state index contributed by atoms with van der Waals surface area (Å²) in [6.07, 6.45) is -2.81. The van der Waals surface area contributed by atoms with Gasteiger partial charge in [0.05, 0.1) is 5.25 Å². The second-order valence-corrected chi connectivity index (χ2v) is 6.39. The summed E-state index contributed by atoms with van der Waals surface area (Å²) in [7, 11) is 3.05. The zero-order valence-corrected chi connectivity index (χ0v) is 10.7. The fourth-order valence-electron chi connectivity index (χ4n) is 1.42. The number of anilines is 1. The van der Waals surface area contributed by atoms with E-state index >= 15 is 0 Å². The van der Waals surface area contributed by atoms with E-state index < -0.39 is 11.9 Å². The summed E-state index contributed by atoms with van der Waals surface area (Å²) < 4.78 is 36.9. The normalized spacial score (nSPS) is 20.7. The Bertz CT molecular complexity index is 429. The number of hydrogen-bond acceptors (Lipinski definition) is 4. The number of carbonyl (C=O) groups is 1. The van der Waals surface area contributed by atoms with Crippen molar-refractivity contribution >= 4 is 33.3 Å². The molecule has 0 radical (unpaired) electrons. The van der Waals surface area contributed by atoms with Crippen LogP contribution in [0.1, 0.15) is 18.5 Å². The molecule has 1 aromatic heterocycles. The van der Waals surface area contributed by atoms with E-state index in [1.807, 2.05) is 5.10 Å². The highest BCUT2D eigenvalue weighted by Crippen LogP contribution is 2.36. The van der Waals surface area contributed by atoms with Crippen LogP contribution in [0.15, 0.2) is 6.07 Å². The van der Waals surface area contributed by atoms with Crippen LogP contribution >= 0.6 is 21.6 Å². The number of nitrogens with one attached hydrogen (secondary N) is 2. The van der Waals surface area contributed by atoms with E-state index in [4.69, 9.17) is 0 Å². The first-order valence-electron chi connectivity index (χ1n) is 5.18. The van der Waals surface area contributed by atoms with Gasteiger partial charge in [-0.3, -0.25) is 9.89 Å². The number of alkyl halides is 3. The van der Waals surface area contributed by atoms with Crippen molar-refractivity contribution in [3.8, 4) is 0 Å². The average molecular weight is 297 g/mol. The van der Waals surface area contributed by atoms with E-state index in [0.29, 0.717) is 0 Å². The molecule has 0 bridgehead atoms. The third-order valence-electron chi connectivity index (χ3n) is 2.31. The quantitative estimate of drug-likeness (QED) is 0.824. The second kappa shape index (κ2) is 5.43. The van der Waals surface area contributed by atoms with Crippen molar-refractivity contribution in [3.63, 3.8) is 0 Å². The highest BCUT2D eigenvalue weighted by molar-refractivity contribution is 8.77. The molecule has 1 aliphatic heterocycles. The van der Waals surface area contributed by atoms with Crippen molar-refractivity contribution in [1.29, 1.82) is 0 Å². The van der Waals surface area contributed by atoms with Gasteiger partial charge in [0.25, 0.3) is 0 Å². The molecule has 0 spiro atoms. The molecule has 2 rings (SSSR count). The monoisotopic (exact) mass is 297 g/mol. The zero-order valence-electron chi connectivity index (χ0n) is 9.08. The third kappa shape index (κ3) is 3.35. The summed E-state index contributed by atoms with van der Waals surface area (Å²) in [6, 6.07) is 0.790. The number of halogens is 3. The van der Waals surface area contributed by atoms with Gasteiger partial charge in [0, 0.05) is 11.8 Å². The SMILES string of the molecule is O=C(Nc1cc(C(F)(F)F)[nH]n1)C1CCCSS1. The van der Waals surface area contributed by atoms with Gasteiger partial charge >= 0.3 is 6.18 Å². The molecule has 1 aliphatic rings. The van der Waals surface area contributed by atoms with Crippen molar-refractivity contribution in [2.24, 2.45) is 0 Å². The lowest BCUT2D eigenvalue weighted by atomic mass is 10.2. The van der Waals surface area contributed by atoms with Crippen molar-refractivity contribution in [1.82, 2.24) is 10.2 Å². The topological polar surface area (TPSA) is 57.8 Å². The molecule has 2 heterocycles. The number of aromatic amines is 1. The molecule has 4 nitrogen and oxygen atoms in total. The van der Waals surface area contributed by atoms with Crippen LogP contribution in [0.4, 0.5) is 19.0 Å². The molecule has 2 N–H and O–H groups in total. The van der Waals surface area contributed by atoms with Crippen LogP contribution in [0.3, 0.4) is 0 Å². The fourth-order valence-corrected chi connectivity index (χ4v) is 4.06. The van der Waals surface area contributed by atoms with Crippen LogP contribution in [0.5, 0.6) is 0 Å². The lowest BCUT2D eigenvalue weighted by molar-refractivity contribution is -0.141. The van der Waals surface area contributed by atoms with Gasteiger partial charge in [-0.15, -0.1) is 0 Å². The third-order valence-corrected chi connectivity index (χ3v) is 5.18. The first kappa shape index (κ1) is 13.6. The Morgan fingerprint density at radius 2 is 2.33 bits per heavy atom. The van der Waals surface area contributed by atoms with Crippen molar-refractivity contribution < 1.29 is 18.0 Å². The number of H-pyrrole nitrogens is 1. The highest BCUT2D eigenvalue weighted by Gasteiger charge is 2.33. The average Bonchev–Trinajstić information content (AvgIpc) is 2.78. The first-order valence-corrected chi connectivity index (χ1v) is 7.57. The van der Waals surface area contributed by atoms with Gasteiger partial charge in [-0.2, -0.15) is 18.3 Å². The minimum Gasteiger partial charge on any atom is -0.308 e. The Kier molecular flexibility index (Phi) is 4.10. The van der Waals surface area contributed by atoms with Crippen LogP contribution in [-0.2, 0) is 11.0 Å². The predicted molar refractivity (Wildman–Crippen MR) is 65.3 cm³/mol. The molecule has 1 unspecified atom stereocenters. The minimum atomic E-state index is -4.48. The zero-order chi connectivity index (χ0) is 13.2. The molecule has 1 amide bonds. The Morgan fingerprint density at radius 1 is 1.56 bits per heavy atom. The number of amides is 1. The smallest absolute Gasteiger partial charge is 0.308 e. The van der Waals surface area contributed by atoms with Crippen LogP contribution < -0.4 is 5.32 Å². The van der Waals surface area contributed by atoms with E-state index in [1.54, 1.807) is 10.8 Å². The molecule has 9 heteroatoms. The lowest BCUT2D eigenvalue weighted by Gasteiger charge is -2.18. The van der Waals surface area contributed by atoms with E-state index in [1.165, 1.54) is 10.8 Å². The van der Waals surface area contributed by atoms with E-state index in [0.717, 1.165) is 24.7 Å². The molecule has 100 valence electrons. The second-order valence-electron chi connectivity index (χ2n) is 3.70. The van der Waals surface area contributed by atoms with Gasteiger partial charge in [-0.05, 0) is 12.8 Å². The minimum absolute atomic E-state index is 0.0940. The van der Waals surface area contributed by atoms with Gasteiger partial charge in [0.15, 0.2) is 5.82 Å². The Morgan fingerprint density at radius 3 is 2.89 bits per heavy atom. The maximum atomic E-state index is 12.3. The van der Waals surface area contributed by atoms with Crippen LogP contribution in [-0.4, -0.2) is 27.1 Å². The Labute approximate surface area is 109 Å². The fraction of sp³-hybridized carbons (Fsp3) is 0.556. The molecule has 18 heavy (non-hydrogen) atoms. The summed E-state index contributed by atoms with van der Waals surface area (Å²) in [5, 5.41) is 7.44. The largest absolute Gasteiger partial charge is 0.432 e. The number of carbonyl (C=O) groups excluding carboxylic acids is 1. The van der Waals surface area contributed by atoms with Crippen LogP contribution in [0.2, 0.25) is 0 Å². The first-order chi connectivity index (χ1) is 8.47. The standard InChI is InChI=1S/C9H10F3N3OS2/c10-9(11,12)6-4-7(15-14-6)13-8(16)5-2-1-3-17-18-5/h4-5H,1-3H2,(H2,13,14,15,16). The summed E-state index contributed by atoms with van der Waals surface area (Å²) in [6.45, 7) is 0. The Balaban J connectivity index is 1.96. The Hall–Kier alpha value is -0.830. The van der Waals surface area contributed by atoms with Crippen molar-refractivity contribution in [3.05, 3.63) is 11.8 Å². The maximum Gasteiger partial charge on any atom is 0.432 e. The van der Waals surface area contributed by atoms with E-state index in [-0.39, 0.29) is 17.0 Å². The van der Waals surface area contributed by atoms with Gasteiger partial charge in [-0.25, -0.2) is 0 Å². The predicted octanol–water partition coefficient (Wildman–Crippen LogP) is 2.91. The van der Waals surface area contributed by atoms with Gasteiger partial charge in [-0.1, -0.05) is 21.6 Å². The lowest BCUT2D eigenvalue weighted by Crippen LogP contribution is -2.26. The number of aromatic nitrogens is 2. The molecule has 1 fully saturated rings. The molecular weight excluding hydrogens is 287 g/mol. The van der Waals surface area contributed by atoms with Gasteiger partial charge in [0.2, 0.25) is 5.91 Å². The molecule has 1 saturated heterocycles. The molecule has 1 atom stereocenters. The summed E-state index contributed by atoms with van der Waals surface area (Å²) >= 11 is 0. The summed E-state index contributed by atoms with van der Waals surface area (Å²) in [5.41, 5.74) is -0.969. The summed E-state index contributed by atoms with van der Waals surface area (Å²) in [5.74, 6) is 0.602. The van der Waals surface area contributed by atoms with E-state index in [2.05, 4.69) is 10.4 Å². The summed E-state index contributed by atoms with van der Waals surface area (Å²) in [4.78, 5) is 11.7. The number of rotatable bonds is 2. The molecule has 1 aromatic rings. The van der Waals surface area contributed by atoms with Crippen LogP contribution in [0, 0.1) is 0 Å². The number of hydrogen-bond donors (Lipinski definition) is 2. The van der Waals surface area contributed by atoms with Crippen molar-refractivity contribution in [2.45, 2.75) is 24.3 Å². The van der Waals surface area contributed by atoms with Crippen molar-refractivity contribution in [2.75, 3.05) is 11.1 Å². The van der Waals surface area contributed by atoms with Gasteiger partial charge < -0.3 is 5.32 Å². The maximum absolute atomic E-state index is 12.3. The molecule has 0 aliphatic carbocycles. The van der Waals surface area contributed by atoms with Crippen LogP contribution in [0.25, 0.3) is 0 Å². The number of nitrogens with zero attached hydrogens (tertiary/aromatic N) is 1. The van der Waals surface area contributed by atoms with E-state index in [9.17, 15) is 18.0 Å².